The van der Waals surface area contributed by atoms with Crippen molar-refractivity contribution in [2.24, 2.45) is 0 Å². The standard InChI is InChI=1S/C16H20N2O/c1-11(2)18-16(12(3)19)10-13-6-7-15-14(9-13)5-4-8-17-15/h4-9,11,16,18H,10H2,1-3H3. The lowest BCUT2D eigenvalue weighted by molar-refractivity contribution is -0.119. The highest BCUT2D eigenvalue weighted by molar-refractivity contribution is 5.82. The largest absolute Gasteiger partial charge is 0.305 e. The van der Waals surface area contributed by atoms with Gasteiger partial charge in [0.05, 0.1) is 11.6 Å². The lowest BCUT2D eigenvalue weighted by Gasteiger charge is -2.18. The van der Waals surface area contributed by atoms with Gasteiger partial charge in [0.25, 0.3) is 0 Å². The van der Waals surface area contributed by atoms with Gasteiger partial charge in [0, 0.05) is 17.6 Å². The van der Waals surface area contributed by atoms with Crippen molar-refractivity contribution >= 4 is 16.7 Å². The van der Waals surface area contributed by atoms with E-state index in [1.54, 1.807) is 13.1 Å². The minimum Gasteiger partial charge on any atom is -0.305 e. The lowest BCUT2D eigenvalue weighted by atomic mass is 10.0. The number of hydrogen-bond donors (Lipinski definition) is 1. The van der Waals surface area contributed by atoms with Crippen molar-refractivity contribution in [1.82, 2.24) is 10.3 Å². The molecule has 0 bridgehead atoms. The Balaban J connectivity index is 2.21. The first-order valence-corrected chi connectivity index (χ1v) is 6.66. The number of nitrogens with zero attached hydrogens (tertiary/aromatic N) is 1. The van der Waals surface area contributed by atoms with Crippen LogP contribution in [0.15, 0.2) is 36.5 Å². The van der Waals surface area contributed by atoms with Crippen LogP contribution in [0.2, 0.25) is 0 Å². The van der Waals surface area contributed by atoms with Gasteiger partial charge in [0.1, 0.15) is 5.78 Å². The Bertz CT molecular complexity index is 578. The molecule has 100 valence electrons. The van der Waals surface area contributed by atoms with Crippen LogP contribution in [-0.4, -0.2) is 22.9 Å². The maximum absolute atomic E-state index is 11.7. The van der Waals surface area contributed by atoms with Crippen molar-refractivity contribution in [3.8, 4) is 0 Å². The molecule has 0 aliphatic heterocycles. The van der Waals surface area contributed by atoms with Crippen molar-refractivity contribution in [3.05, 3.63) is 42.1 Å². The summed E-state index contributed by atoms with van der Waals surface area (Å²) in [4.78, 5) is 16.0. The van der Waals surface area contributed by atoms with Crippen LogP contribution in [-0.2, 0) is 11.2 Å². The number of carbonyl (C=O) groups is 1. The molecule has 19 heavy (non-hydrogen) atoms. The number of ketones is 1. The van der Waals surface area contributed by atoms with Gasteiger partial charge < -0.3 is 5.32 Å². The van der Waals surface area contributed by atoms with E-state index in [-0.39, 0.29) is 11.8 Å². The molecule has 1 N–H and O–H groups in total. The molecule has 1 aromatic heterocycles. The predicted molar refractivity (Wildman–Crippen MR) is 78.2 cm³/mol. The Morgan fingerprint density at radius 3 is 2.79 bits per heavy atom. The molecule has 0 amide bonds. The topological polar surface area (TPSA) is 42.0 Å². The maximum atomic E-state index is 11.7. The zero-order chi connectivity index (χ0) is 13.8. The first-order chi connectivity index (χ1) is 9.06. The molecule has 3 heteroatoms. The van der Waals surface area contributed by atoms with Gasteiger partial charge in [0.15, 0.2) is 0 Å². The summed E-state index contributed by atoms with van der Waals surface area (Å²) in [6, 6.07) is 10.3. The number of aromatic nitrogens is 1. The third-order valence-electron chi connectivity index (χ3n) is 3.13. The van der Waals surface area contributed by atoms with Crippen LogP contribution in [0.25, 0.3) is 10.9 Å². The fraction of sp³-hybridized carbons (Fsp3) is 0.375. The Labute approximate surface area is 114 Å². The third kappa shape index (κ3) is 3.61. The highest BCUT2D eigenvalue weighted by Crippen LogP contribution is 2.15. The zero-order valence-corrected chi connectivity index (χ0v) is 11.7. The Morgan fingerprint density at radius 2 is 2.11 bits per heavy atom. The molecule has 0 fully saturated rings. The van der Waals surface area contributed by atoms with E-state index in [1.165, 1.54) is 0 Å². The molecule has 0 aliphatic carbocycles. The van der Waals surface area contributed by atoms with Crippen LogP contribution in [0, 0.1) is 0 Å². The van der Waals surface area contributed by atoms with E-state index in [2.05, 4.69) is 30.2 Å². The molecule has 3 nitrogen and oxygen atoms in total. The van der Waals surface area contributed by atoms with Crippen molar-refractivity contribution in [2.45, 2.75) is 39.3 Å². The second-order valence-electron chi connectivity index (χ2n) is 5.22. The number of fused-ring (bicyclic) bond motifs is 1. The Morgan fingerprint density at radius 1 is 1.32 bits per heavy atom. The molecular weight excluding hydrogens is 236 g/mol. The van der Waals surface area contributed by atoms with Gasteiger partial charge >= 0.3 is 0 Å². The molecule has 0 saturated heterocycles. The quantitative estimate of drug-likeness (QED) is 0.894. The Hall–Kier alpha value is -1.74. The molecule has 0 spiro atoms. The van der Waals surface area contributed by atoms with Crippen LogP contribution in [0.1, 0.15) is 26.3 Å². The minimum atomic E-state index is -0.117. The summed E-state index contributed by atoms with van der Waals surface area (Å²) in [5.74, 6) is 0.181. The van der Waals surface area contributed by atoms with Crippen LogP contribution in [0.3, 0.4) is 0 Å². The fourth-order valence-corrected chi connectivity index (χ4v) is 2.21. The average Bonchev–Trinajstić information content (AvgIpc) is 2.37. The van der Waals surface area contributed by atoms with Gasteiger partial charge in [-0.05, 0) is 37.1 Å². The molecular formula is C16H20N2O. The summed E-state index contributed by atoms with van der Waals surface area (Å²) in [6.07, 6.45) is 2.51. The average molecular weight is 256 g/mol. The summed E-state index contributed by atoms with van der Waals surface area (Å²) in [7, 11) is 0. The highest BCUT2D eigenvalue weighted by Gasteiger charge is 2.15. The number of hydrogen-bond acceptors (Lipinski definition) is 3. The van der Waals surface area contributed by atoms with Crippen molar-refractivity contribution < 1.29 is 4.79 Å². The van der Waals surface area contributed by atoms with E-state index in [9.17, 15) is 4.79 Å². The zero-order valence-electron chi connectivity index (χ0n) is 11.7. The maximum Gasteiger partial charge on any atom is 0.147 e. The fourth-order valence-electron chi connectivity index (χ4n) is 2.21. The third-order valence-corrected chi connectivity index (χ3v) is 3.13. The lowest BCUT2D eigenvalue weighted by Crippen LogP contribution is -2.41. The molecule has 1 heterocycles. The summed E-state index contributed by atoms with van der Waals surface area (Å²) in [5, 5.41) is 4.43. The van der Waals surface area contributed by atoms with Crippen LogP contribution in [0.4, 0.5) is 0 Å². The summed E-state index contributed by atoms with van der Waals surface area (Å²) in [6.45, 7) is 5.75. The monoisotopic (exact) mass is 256 g/mol. The summed E-state index contributed by atoms with van der Waals surface area (Å²) >= 11 is 0. The summed E-state index contributed by atoms with van der Waals surface area (Å²) in [5.41, 5.74) is 2.15. The van der Waals surface area contributed by atoms with E-state index in [4.69, 9.17) is 0 Å². The van der Waals surface area contributed by atoms with Gasteiger partial charge in [-0.3, -0.25) is 9.78 Å². The highest BCUT2D eigenvalue weighted by atomic mass is 16.1. The van der Waals surface area contributed by atoms with Crippen molar-refractivity contribution in [3.63, 3.8) is 0 Å². The SMILES string of the molecule is CC(=O)C(Cc1ccc2ncccc2c1)NC(C)C. The Kier molecular flexibility index (Phi) is 4.27. The van der Waals surface area contributed by atoms with Crippen molar-refractivity contribution in [2.75, 3.05) is 0 Å². The van der Waals surface area contributed by atoms with Gasteiger partial charge in [-0.25, -0.2) is 0 Å². The van der Waals surface area contributed by atoms with Gasteiger partial charge in [0.2, 0.25) is 0 Å². The molecule has 1 unspecified atom stereocenters. The second-order valence-corrected chi connectivity index (χ2v) is 5.22. The minimum absolute atomic E-state index is 0.117. The smallest absolute Gasteiger partial charge is 0.147 e. The molecule has 1 atom stereocenters. The molecule has 2 aromatic rings. The number of Topliss-reactive ketones (excluding diaryl/α,β-unsaturated/α-hetero) is 1. The first kappa shape index (κ1) is 13.7. The van der Waals surface area contributed by atoms with E-state index < -0.39 is 0 Å². The molecule has 0 saturated carbocycles. The van der Waals surface area contributed by atoms with E-state index in [0.29, 0.717) is 6.04 Å². The molecule has 0 radical (unpaired) electrons. The van der Waals surface area contributed by atoms with Crippen LogP contribution >= 0.6 is 0 Å². The van der Waals surface area contributed by atoms with Crippen LogP contribution in [0.5, 0.6) is 0 Å². The van der Waals surface area contributed by atoms with Gasteiger partial charge in [-0.1, -0.05) is 26.0 Å². The predicted octanol–water partition coefficient (Wildman–Crippen LogP) is 2.73. The van der Waals surface area contributed by atoms with Gasteiger partial charge in [-0.2, -0.15) is 0 Å². The number of nitrogens with one attached hydrogen (secondary N) is 1. The van der Waals surface area contributed by atoms with E-state index in [1.807, 2.05) is 24.3 Å². The summed E-state index contributed by atoms with van der Waals surface area (Å²) < 4.78 is 0. The van der Waals surface area contributed by atoms with Gasteiger partial charge in [-0.15, -0.1) is 0 Å². The molecule has 1 aromatic carbocycles. The molecule has 0 aliphatic rings. The van der Waals surface area contributed by atoms with Crippen molar-refractivity contribution in [1.29, 1.82) is 0 Å². The second kappa shape index (κ2) is 5.93. The number of benzene rings is 1. The number of rotatable bonds is 5. The number of carbonyl (C=O) groups excluding carboxylic acids is 1. The molecule has 2 rings (SSSR count). The van der Waals surface area contributed by atoms with E-state index in [0.717, 1.165) is 22.9 Å². The van der Waals surface area contributed by atoms with E-state index >= 15 is 0 Å². The van der Waals surface area contributed by atoms with Crippen LogP contribution < -0.4 is 5.32 Å². The normalized spacial score (nSPS) is 12.8. The first-order valence-electron chi connectivity index (χ1n) is 6.66. The number of pyridine rings is 1.